The average molecular weight is 389 g/mol. The lowest BCUT2D eigenvalue weighted by atomic mass is 10.1. The first kappa shape index (κ1) is 18.7. The van der Waals surface area contributed by atoms with E-state index >= 15 is 0 Å². The Balaban J connectivity index is 2.12. The molecule has 2 aromatic rings. The number of halogens is 2. The molecule has 138 valence electrons. The Kier molecular flexibility index (Phi) is 5.29. The van der Waals surface area contributed by atoms with Gasteiger partial charge in [-0.25, -0.2) is 19.2 Å². The summed E-state index contributed by atoms with van der Waals surface area (Å²) in [5.74, 6) is -1.60. The number of anilines is 2. The monoisotopic (exact) mass is 388 g/mol. The first-order valence-corrected chi connectivity index (χ1v) is 8.07. The fraction of sp³-hybridized carbons (Fsp3) is 0.111. The number of carboxylic acids is 1. The van der Waals surface area contributed by atoms with Crippen molar-refractivity contribution >= 4 is 34.6 Å². The van der Waals surface area contributed by atoms with Crippen LogP contribution < -0.4 is 5.32 Å². The molecule has 0 aliphatic carbocycles. The lowest BCUT2D eigenvalue weighted by Gasteiger charge is -2.13. The number of hydrogen-bond donors (Lipinski definition) is 2. The molecular weight excluding hydrogens is 375 g/mol. The topological polar surface area (TPSA) is 97.2 Å². The van der Waals surface area contributed by atoms with Crippen molar-refractivity contribution in [2.24, 2.45) is 0 Å². The molecule has 0 radical (unpaired) electrons. The van der Waals surface area contributed by atoms with E-state index in [-0.39, 0.29) is 40.9 Å². The Morgan fingerprint density at radius 1 is 1.37 bits per heavy atom. The zero-order valence-electron chi connectivity index (χ0n) is 14.0. The molecule has 0 fully saturated rings. The molecule has 0 amide bonds. The quantitative estimate of drug-likeness (QED) is 0.723. The van der Waals surface area contributed by atoms with Crippen LogP contribution in [-0.2, 0) is 18.0 Å². The second kappa shape index (κ2) is 7.65. The first-order valence-electron chi connectivity index (χ1n) is 7.70. The number of aromatic nitrogens is 3. The number of nitrogens with one attached hydrogen (secondary N) is 1. The van der Waals surface area contributed by atoms with Crippen LogP contribution in [0.4, 0.5) is 15.9 Å². The van der Waals surface area contributed by atoms with E-state index in [1.807, 2.05) is 0 Å². The van der Waals surface area contributed by atoms with Crippen LogP contribution in [0.5, 0.6) is 0 Å². The molecule has 1 aliphatic rings. The summed E-state index contributed by atoms with van der Waals surface area (Å²) < 4.78 is 19.3. The molecule has 2 N–H and O–H groups in total. The van der Waals surface area contributed by atoms with E-state index in [2.05, 4.69) is 33.4 Å². The van der Waals surface area contributed by atoms with Gasteiger partial charge in [-0.05, 0) is 12.1 Å². The number of carbonyl (C=O) groups is 1. The lowest BCUT2D eigenvalue weighted by Crippen LogP contribution is -2.09. The van der Waals surface area contributed by atoms with Gasteiger partial charge in [-0.15, -0.1) is 0 Å². The minimum Gasteiger partial charge on any atom is -0.478 e. The van der Waals surface area contributed by atoms with Crippen molar-refractivity contribution in [2.45, 2.75) is 13.2 Å². The molecule has 9 heteroatoms. The van der Waals surface area contributed by atoms with Crippen LogP contribution in [0.1, 0.15) is 27.4 Å². The van der Waals surface area contributed by atoms with Gasteiger partial charge in [-0.3, -0.25) is 4.98 Å². The summed E-state index contributed by atoms with van der Waals surface area (Å²) in [7, 11) is 0. The highest BCUT2D eigenvalue weighted by Crippen LogP contribution is 2.31. The van der Waals surface area contributed by atoms with Crippen LogP contribution in [-0.4, -0.2) is 26.0 Å². The van der Waals surface area contributed by atoms with Gasteiger partial charge in [0.25, 0.3) is 0 Å². The number of rotatable bonds is 6. The van der Waals surface area contributed by atoms with Crippen molar-refractivity contribution in [3.05, 3.63) is 71.2 Å². The van der Waals surface area contributed by atoms with Gasteiger partial charge in [-0.1, -0.05) is 24.8 Å². The van der Waals surface area contributed by atoms with Crippen LogP contribution in [0, 0.1) is 0 Å². The fourth-order valence-corrected chi connectivity index (χ4v) is 2.61. The molecule has 7 nitrogen and oxygen atoms in total. The molecule has 1 aliphatic heterocycles. The van der Waals surface area contributed by atoms with E-state index in [0.29, 0.717) is 17.1 Å². The molecule has 0 saturated carbocycles. The van der Waals surface area contributed by atoms with E-state index in [1.54, 1.807) is 0 Å². The van der Waals surface area contributed by atoms with Crippen LogP contribution in [0.15, 0.2) is 48.6 Å². The zero-order valence-corrected chi connectivity index (χ0v) is 14.8. The molecule has 0 aromatic carbocycles. The number of hydrogen-bond acceptors (Lipinski definition) is 6. The third-order valence-electron chi connectivity index (χ3n) is 3.72. The molecular formula is C18H14ClFN4O3. The maximum atomic E-state index is 13.9. The smallest absolute Gasteiger partial charge is 0.339 e. The molecule has 0 atom stereocenters. The van der Waals surface area contributed by atoms with Gasteiger partial charge < -0.3 is 15.2 Å². The van der Waals surface area contributed by atoms with Crippen LogP contribution in [0.2, 0.25) is 0 Å². The van der Waals surface area contributed by atoms with Crippen LogP contribution >= 0.6 is 11.6 Å². The molecule has 0 spiro atoms. The maximum Gasteiger partial charge on any atom is 0.339 e. The van der Waals surface area contributed by atoms with Gasteiger partial charge in [0.1, 0.15) is 17.2 Å². The normalized spacial score (nSPS) is 13.2. The van der Waals surface area contributed by atoms with Gasteiger partial charge in [0, 0.05) is 23.0 Å². The van der Waals surface area contributed by atoms with Crippen molar-refractivity contribution < 1.29 is 19.0 Å². The highest BCUT2D eigenvalue weighted by Gasteiger charge is 2.23. The summed E-state index contributed by atoms with van der Waals surface area (Å²) in [6, 6.07) is 1.50. The molecule has 27 heavy (non-hydrogen) atoms. The third-order valence-corrected chi connectivity index (χ3v) is 3.83. The molecule has 3 rings (SSSR count). The van der Waals surface area contributed by atoms with Crippen LogP contribution in [0.25, 0.3) is 5.57 Å². The van der Waals surface area contributed by atoms with E-state index < -0.39 is 11.8 Å². The molecule has 0 saturated heterocycles. The van der Waals surface area contributed by atoms with E-state index in [9.17, 15) is 14.3 Å². The minimum absolute atomic E-state index is 0.0269. The Bertz CT molecular complexity index is 991. The number of pyridine rings is 1. The number of carboxylic acid groups (broad SMARTS) is 1. The first-order chi connectivity index (χ1) is 12.9. The number of ether oxygens (including phenoxy) is 1. The number of aromatic carboxylic acids is 1. The van der Waals surface area contributed by atoms with Crippen molar-refractivity contribution in [3.8, 4) is 0 Å². The summed E-state index contributed by atoms with van der Waals surface area (Å²) in [6.07, 6.45) is 3.93. The van der Waals surface area contributed by atoms with Crippen molar-refractivity contribution in [1.82, 2.24) is 15.0 Å². The van der Waals surface area contributed by atoms with Gasteiger partial charge >= 0.3 is 5.97 Å². The van der Waals surface area contributed by atoms with Crippen molar-refractivity contribution in [1.29, 1.82) is 0 Å². The second-order valence-electron chi connectivity index (χ2n) is 5.58. The lowest BCUT2D eigenvalue weighted by molar-refractivity contribution is 0.0697. The largest absolute Gasteiger partial charge is 0.478 e. The van der Waals surface area contributed by atoms with Gasteiger partial charge in [0.15, 0.2) is 5.82 Å². The number of nitrogens with zero attached hydrogens (tertiary/aromatic N) is 3. The second-order valence-corrected chi connectivity index (χ2v) is 6.06. The minimum atomic E-state index is -1.15. The molecule has 0 bridgehead atoms. The van der Waals surface area contributed by atoms with Gasteiger partial charge in [0.2, 0.25) is 0 Å². The Labute approximate surface area is 158 Å². The van der Waals surface area contributed by atoms with Crippen LogP contribution in [0.3, 0.4) is 0 Å². The fourth-order valence-electron chi connectivity index (χ4n) is 2.50. The van der Waals surface area contributed by atoms with Gasteiger partial charge in [-0.2, -0.15) is 0 Å². The highest BCUT2D eigenvalue weighted by atomic mass is 35.5. The third kappa shape index (κ3) is 4.02. The number of fused-ring (bicyclic) bond motifs is 1. The Morgan fingerprint density at radius 3 is 2.81 bits per heavy atom. The SMILES string of the molecule is C=C(Cl)/C=C(\C(=C)F)c1nc2c(c(Nc3ccncc3C(=O)O)n1)COC2. The Hall–Kier alpha value is -3.10. The predicted molar refractivity (Wildman–Crippen MR) is 98.2 cm³/mol. The van der Waals surface area contributed by atoms with Crippen molar-refractivity contribution in [3.63, 3.8) is 0 Å². The summed E-state index contributed by atoms with van der Waals surface area (Å²) >= 11 is 5.76. The average Bonchev–Trinajstić information content (AvgIpc) is 3.08. The molecule has 2 aromatic heterocycles. The molecule has 0 unspecified atom stereocenters. The summed E-state index contributed by atoms with van der Waals surface area (Å²) in [5, 5.41) is 12.4. The standard InChI is InChI=1S/C18H14ClFN4O3/c1-9(19)5-11(10(2)20)16-23-15-8-27-7-13(15)17(24-16)22-14-3-4-21-6-12(14)18(25)26/h3-6H,1-2,7-8H2,(H,25,26)(H,21,22,23,24)/b11-5+. The molecule has 3 heterocycles. The number of allylic oxidation sites excluding steroid dienone is 4. The Morgan fingerprint density at radius 2 is 2.15 bits per heavy atom. The highest BCUT2D eigenvalue weighted by molar-refractivity contribution is 6.31. The van der Waals surface area contributed by atoms with Crippen molar-refractivity contribution in [2.75, 3.05) is 5.32 Å². The van der Waals surface area contributed by atoms with E-state index in [1.165, 1.54) is 24.5 Å². The zero-order chi connectivity index (χ0) is 19.6. The predicted octanol–water partition coefficient (Wildman–Crippen LogP) is 3.96. The summed E-state index contributed by atoms with van der Waals surface area (Å²) in [4.78, 5) is 23.9. The summed E-state index contributed by atoms with van der Waals surface area (Å²) in [6.45, 7) is 7.24. The van der Waals surface area contributed by atoms with Gasteiger partial charge in [0.05, 0.1) is 30.2 Å². The van der Waals surface area contributed by atoms with E-state index in [0.717, 1.165) is 0 Å². The maximum absolute atomic E-state index is 13.9. The van der Waals surface area contributed by atoms with E-state index in [4.69, 9.17) is 16.3 Å². The summed E-state index contributed by atoms with van der Waals surface area (Å²) in [5.41, 5.74) is 1.43.